The van der Waals surface area contributed by atoms with Crippen LogP contribution in [0.3, 0.4) is 0 Å². The number of aromatic nitrogens is 1. The van der Waals surface area contributed by atoms with E-state index in [9.17, 15) is 0 Å². The van der Waals surface area contributed by atoms with E-state index >= 15 is 0 Å². The van der Waals surface area contributed by atoms with Gasteiger partial charge in [0.15, 0.2) is 0 Å². The maximum absolute atomic E-state index is 5.78. The largest absolute Gasteiger partial charge is 0.330 e. The molecule has 1 rings (SSSR count). The van der Waals surface area contributed by atoms with Crippen LogP contribution in [0.1, 0.15) is 30.9 Å². The number of nitrogens with two attached hydrogens (primary N) is 1. The summed E-state index contributed by atoms with van der Waals surface area (Å²) in [5.41, 5.74) is 8.30. The number of rotatable bonds is 3. The fourth-order valence-corrected chi connectivity index (χ4v) is 1.99. The van der Waals surface area contributed by atoms with E-state index in [1.807, 2.05) is 12.4 Å². The zero-order valence-corrected chi connectivity index (χ0v) is 10.5. The molecule has 0 aliphatic heterocycles. The normalized spacial score (nSPS) is 13.3. The van der Waals surface area contributed by atoms with Gasteiger partial charge in [-0.3, -0.25) is 4.98 Å². The van der Waals surface area contributed by atoms with E-state index in [2.05, 4.69) is 41.7 Å². The lowest BCUT2D eigenvalue weighted by molar-refractivity contribution is 0.503. The van der Waals surface area contributed by atoms with Crippen molar-refractivity contribution in [2.75, 3.05) is 6.54 Å². The molecule has 1 heterocycles. The summed E-state index contributed by atoms with van der Waals surface area (Å²) in [6, 6.07) is 0. The Bertz CT molecular complexity index is 310. The molecule has 0 spiro atoms. The Balaban J connectivity index is 3.10. The summed E-state index contributed by atoms with van der Waals surface area (Å²) < 4.78 is 1.06. The average Bonchev–Trinajstić information content (AvgIpc) is 2.13. The SMILES string of the molecule is Cc1c(Br)cncc1C(CN)C(C)C. The number of hydrogen-bond acceptors (Lipinski definition) is 2. The highest BCUT2D eigenvalue weighted by molar-refractivity contribution is 9.10. The molecular formula is C11H17BrN2. The minimum Gasteiger partial charge on any atom is -0.330 e. The molecule has 1 unspecified atom stereocenters. The van der Waals surface area contributed by atoms with Crippen molar-refractivity contribution in [1.29, 1.82) is 0 Å². The van der Waals surface area contributed by atoms with Crippen LogP contribution in [-0.2, 0) is 0 Å². The van der Waals surface area contributed by atoms with Crippen molar-refractivity contribution in [1.82, 2.24) is 4.98 Å². The van der Waals surface area contributed by atoms with E-state index in [1.54, 1.807) is 0 Å². The lowest BCUT2D eigenvalue weighted by Gasteiger charge is -2.21. The lowest BCUT2D eigenvalue weighted by atomic mass is 9.87. The molecule has 0 aliphatic carbocycles. The van der Waals surface area contributed by atoms with Crippen LogP contribution in [0.5, 0.6) is 0 Å². The van der Waals surface area contributed by atoms with Crippen LogP contribution in [0.4, 0.5) is 0 Å². The topological polar surface area (TPSA) is 38.9 Å². The summed E-state index contributed by atoms with van der Waals surface area (Å²) in [5, 5.41) is 0. The second-order valence-electron chi connectivity index (χ2n) is 3.92. The summed E-state index contributed by atoms with van der Waals surface area (Å²) >= 11 is 3.49. The first-order valence-corrected chi connectivity index (χ1v) is 5.67. The Morgan fingerprint density at radius 3 is 2.57 bits per heavy atom. The second kappa shape index (κ2) is 4.89. The molecule has 0 amide bonds. The van der Waals surface area contributed by atoms with Crippen LogP contribution in [-0.4, -0.2) is 11.5 Å². The molecular weight excluding hydrogens is 240 g/mol. The number of halogens is 1. The van der Waals surface area contributed by atoms with E-state index in [-0.39, 0.29) is 0 Å². The third kappa shape index (κ3) is 2.34. The maximum Gasteiger partial charge on any atom is 0.0413 e. The lowest BCUT2D eigenvalue weighted by Crippen LogP contribution is -2.19. The monoisotopic (exact) mass is 256 g/mol. The summed E-state index contributed by atoms with van der Waals surface area (Å²) in [4.78, 5) is 4.19. The average molecular weight is 257 g/mol. The van der Waals surface area contributed by atoms with Gasteiger partial charge in [-0.1, -0.05) is 13.8 Å². The molecule has 0 aliphatic rings. The van der Waals surface area contributed by atoms with Crippen molar-refractivity contribution in [2.45, 2.75) is 26.7 Å². The van der Waals surface area contributed by atoms with Crippen molar-refractivity contribution in [3.05, 3.63) is 28.0 Å². The number of hydrogen-bond donors (Lipinski definition) is 1. The summed E-state index contributed by atoms with van der Waals surface area (Å²) in [7, 11) is 0. The molecule has 0 aromatic carbocycles. The Labute approximate surface area is 94.0 Å². The van der Waals surface area contributed by atoms with Crippen molar-refractivity contribution < 1.29 is 0 Å². The van der Waals surface area contributed by atoms with Crippen LogP contribution in [0.15, 0.2) is 16.9 Å². The van der Waals surface area contributed by atoms with Crippen molar-refractivity contribution in [3.63, 3.8) is 0 Å². The van der Waals surface area contributed by atoms with Crippen LogP contribution < -0.4 is 5.73 Å². The quantitative estimate of drug-likeness (QED) is 0.904. The van der Waals surface area contributed by atoms with Gasteiger partial charge >= 0.3 is 0 Å². The Kier molecular flexibility index (Phi) is 4.08. The zero-order valence-electron chi connectivity index (χ0n) is 8.92. The van der Waals surface area contributed by atoms with Crippen LogP contribution >= 0.6 is 15.9 Å². The standard InChI is InChI=1S/C11H17BrN2/c1-7(2)9(4-13)10-5-14-6-11(12)8(10)3/h5-7,9H,4,13H2,1-3H3. The summed E-state index contributed by atoms with van der Waals surface area (Å²) in [6.45, 7) is 7.17. The number of nitrogens with zero attached hydrogens (tertiary/aromatic N) is 1. The molecule has 0 saturated heterocycles. The van der Waals surface area contributed by atoms with E-state index in [4.69, 9.17) is 5.73 Å². The fourth-order valence-electron chi connectivity index (χ4n) is 1.65. The molecule has 0 fully saturated rings. The predicted molar refractivity (Wildman–Crippen MR) is 63.3 cm³/mol. The molecule has 14 heavy (non-hydrogen) atoms. The minimum absolute atomic E-state index is 0.403. The third-order valence-corrected chi connectivity index (χ3v) is 3.45. The van der Waals surface area contributed by atoms with Gasteiger partial charge in [-0.15, -0.1) is 0 Å². The van der Waals surface area contributed by atoms with Gasteiger partial charge in [-0.25, -0.2) is 0 Å². The van der Waals surface area contributed by atoms with Gasteiger partial charge in [0.05, 0.1) is 0 Å². The summed E-state index contributed by atoms with van der Waals surface area (Å²) in [5.74, 6) is 0.954. The molecule has 0 radical (unpaired) electrons. The van der Waals surface area contributed by atoms with Crippen LogP contribution in [0.25, 0.3) is 0 Å². The third-order valence-electron chi connectivity index (χ3n) is 2.65. The smallest absolute Gasteiger partial charge is 0.0413 e. The Morgan fingerprint density at radius 2 is 2.07 bits per heavy atom. The van der Waals surface area contributed by atoms with E-state index in [1.165, 1.54) is 11.1 Å². The Morgan fingerprint density at radius 1 is 1.43 bits per heavy atom. The Hall–Kier alpha value is -0.410. The molecule has 0 saturated carbocycles. The maximum atomic E-state index is 5.78. The van der Waals surface area contributed by atoms with Crippen molar-refractivity contribution in [3.8, 4) is 0 Å². The van der Waals surface area contributed by atoms with E-state index in [0.29, 0.717) is 18.4 Å². The molecule has 3 heteroatoms. The molecule has 0 bridgehead atoms. The highest BCUT2D eigenvalue weighted by Crippen LogP contribution is 2.28. The minimum atomic E-state index is 0.403. The molecule has 2 N–H and O–H groups in total. The van der Waals surface area contributed by atoms with E-state index in [0.717, 1.165) is 4.47 Å². The molecule has 2 nitrogen and oxygen atoms in total. The fraction of sp³-hybridized carbons (Fsp3) is 0.545. The molecule has 1 aromatic heterocycles. The second-order valence-corrected chi connectivity index (χ2v) is 4.78. The van der Waals surface area contributed by atoms with Gasteiger partial charge in [0.2, 0.25) is 0 Å². The van der Waals surface area contributed by atoms with E-state index < -0.39 is 0 Å². The van der Waals surface area contributed by atoms with Crippen molar-refractivity contribution >= 4 is 15.9 Å². The highest BCUT2D eigenvalue weighted by atomic mass is 79.9. The zero-order chi connectivity index (χ0) is 10.7. The predicted octanol–water partition coefficient (Wildman–Crippen LogP) is 2.85. The molecule has 1 atom stereocenters. The first-order chi connectivity index (χ1) is 6.57. The van der Waals surface area contributed by atoms with Crippen LogP contribution in [0, 0.1) is 12.8 Å². The molecule has 1 aromatic rings. The van der Waals surface area contributed by atoms with Gasteiger partial charge in [-0.2, -0.15) is 0 Å². The first kappa shape index (κ1) is 11.7. The highest BCUT2D eigenvalue weighted by Gasteiger charge is 2.17. The van der Waals surface area contributed by atoms with Gasteiger partial charge in [0.1, 0.15) is 0 Å². The van der Waals surface area contributed by atoms with Crippen LogP contribution in [0.2, 0.25) is 0 Å². The summed E-state index contributed by atoms with van der Waals surface area (Å²) in [6.07, 6.45) is 3.75. The van der Waals surface area contributed by atoms with Gasteiger partial charge in [0.25, 0.3) is 0 Å². The van der Waals surface area contributed by atoms with Gasteiger partial charge < -0.3 is 5.73 Å². The van der Waals surface area contributed by atoms with Crippen molar-refractivity contribution in [2.24, 2.45) is 11.7 Å². The van der Waals surface area contributed by atoms with Gasteiger partial charge in [0, 0.05) is 22.8 Å². The van der Waals surface area contributed by atoms with Gasteiger partial charge in [-0.05, 0) is 46.4 Å². The number of pyridine rings is 1. The molecule has 78 valence electrons. The first-order valence-electron chi connectivity index (χ1n) is 4.88.